The number of aryl methyl sites for hydroxylation is 1. The molecule has 1 aromatic heterocycles. The van der Waals surface area contributed by atoms with E-state index in [-0.39, 0.29) is 0 Å². The van der Waals surface area contributed by atoms with Crippen LogP contribution in [-0.4, -0.2) is 31.1 Å². The van der Waals surface area contributed by atoms with Gasteiger partial charge < -0.3 is 15.4 Å². The largest absolute Gasteiger partial charge is 0.494 e. The molecule has 5 heteroatoms. The minimum absolute atomic E-state index is 0.653. The van der Waals surface area contributed by atoms with Gasteiger partial charge in [0.1, 0.15) is 5.75 Å². The predicted molar refractivity (Wildman–Crippen MR) is 93.7 cm³/mol. The fourth-order valence-corrected chi connectivity index (χ4v) is 2.00. The maximum Gasteiger partial charge on any atom is 0.191 e. The van der Waals surface area contributed by atoms with E-state index in [2.05, 4.69) is 39.7 Å². The zero-order chi connectivity index (χ0) is 16.3. The molecule has 0 saturated carbocycles. The van der Waals surface area contributed by atoms with Crippen molar-refractivity contribution >= 4 is 5.96 Å². The number of nitrogens with zero attached hydrogens (tertiary/aromatic N) is 2. The molecule has 0 aliphatic heterocycles. The van der Waals surface area contributed by atoms with Crippen LogP contribution in [0.4, 0.5) is 0 Å². The molecule has 0 fully saturated rings. The summed E-state index contributed by atoms with van der Waals surface area (Å²) in [6.07, 6.45) is 2.69. The van der Waals surface area contributed by atoms with Gasteiger partial charge in [-0.25, -0.2) is 0 Å². The van der Waals surface area contributed by atoms with E-state index in [9.17, 15) is 0 Å². The lowest BCUT2D eigenvalue weighted by molar-refractivity contribution is 0.311. The van der Waals surface area contributed by atoms with Crippen LogP contribution < -0.4 is 15.4 Å². The number of rotatable bonds is 7. The minimum atomic E-state index is 0.653. The normalized spacial score (nSPS) is 11.1. The van der Waals surface area contributed by atoms with Gasteiger partial charge in [0.05, 0.1) is 18.8 Å². The highest BCUT2D eigenvalue weighted by atomic mass is 16.5. The zero-order valence-electron chi connectivity index (χ0n) is 13.7. The van der Waals surface area contributed by atoms with E-state index in [0.717, 1.165) is 30.4 Å². The van der Waals surface area contributed by atoms with Crippen LogP contribution >= 0.6 is 0 Å². The number of hydrogen-bond donors (Lipinski definition) is 2. The summed E-state index contributed by atoms with van der Waals surface area (Å²) in [5.74, 6) is 1.68. The number of hydrogen-bond acceptors (Lipinski definition) is 3. The standard InChI is InChI=1S/C18H24N4O/c1-15-7-9-17(10-8-15)23-13-5-12-21-18(19-2)22-14-16-6-3-4-11-20-16/h3-4,6-11H,5,12-14H2,1-2H3,(H2,19,21,22). The van der Waals surface area contributed by atoms with Crippen LogP contribution in [0.15, 0.2) is 53.7 Å². The van der Waals surface area contributed by atoms with Crippen LogP contribution in [0.2, 0.25) is 0 Å². The summed E-state index contributed by atoms with van der Waals surface area (Å²) in [5.41, 5.74) is 2.22. The third kappa shape index (κ3) is 6.38. The average molecular weight is 312 g/mol. The van der Waals surface area contributed by atoms with E-state index < -0.39 is 0 Å². The molecule has 0 amide bonds. The van der Waals surface area contributed by atoms with E-state index in [0.29, 0.717) is 13.2 Å². The molecule has 0 spiro atoms. The molecule has 0 unspecified atom stereocenters. The van der Waals surface area contributed by atoms with Gasteiger partial charge in [-0.05, 0) is 37.6 Å². The molecule has 0 radical (unpaired) electrons. The summed E-state index contributed by atoms with van der Waals surface area (Å²) in [7, 11) is 1.76. The molecule has 1 heterocycles. The molecule has 2 aromatic rings. The zero-order valence-corrected chi connectivity index (χ0v) is 13.7. The Morgan fingerprint density at radius 2 is 1.96 bits per heavy atom. The SMILES string of the molecule is CN=C(NCCCOc1ccc(C)cc1)NCc1ccccn1. The van der Waals surface area contributed by atoms with Crippen molar-refractivity contribution in [2.24, 2.45) is 4.99 Å². The molecule has 122 valence electrons. The number of ether oxygens (including phenoxy) is 1. The highest BCUT2D eigenvalue weighted by molar-refractivity contribution is 5.79. The first kappa shape index (κ1) is 16.8. The van der Waals surface area contributed by atoms with Crippen LogP contribution in [0, 0.1) is 6.92 Å². The molecule has 0 saturated heterocycles. The summed E-state index contributed by atoms with van der Waals surface area (Å²) in [6, 6.07) is 14.0. The lowest BCUT2D eigenvalue weighted by atomic mass is 10.2. The molecule has 2 N–H and O–H groups in total. The minimum Gasteiger partial charge on any atom is -0.494 e. The van der Waals surface area contributed by atoms with Crippen LogP contribution in [0.1, 0.15) is 17.7 Å². The number of aromatic nitrogens is 1. The second kappa shape index (κ2) is 9.46. The van der Waals surface area contributed by atoms with E-state index in [4.69, 9.17) is 4.74 Å². The van der Waals surface area contributed by atoms with E-state index in [1.807, 2.05) is 30.3 Å². The molecule has 0 atom stereocenters. The monoisotopic (exact) mass is 312 g/mol. The number of benzene rings is 1. The Kier molecular flexibility index (Phi) is 6.91. The third-order valence-electron chi connectivity index (χ3n) is 3.29. The predicted octanol–water partition coefficient (Wildman–Crippen LogP) is 2.52. The molecule has 0 aliphatic carbocycles. The van der Waals surface area contributed by atoms with Crippen molar-refractivity contribution < 1.29 is 4.74 Å². The smallest absolute Gasteiger partial charge is 0.191 e. The Bertz CT molecular complexity index is 596. The Morgan fingerprint density at radius 3 is 2.65 bits per heavy atom. The van der Waals surface area contributed by atoms with Gasteiger partial charge in [-0.15, -0.1) is 0 Å². The second-order valence-corrected chi connectivity index (χ2v) is 5.19. The lowest BCUT2D eigenvalue weighted by Gasteiger charge is -2.12. The Balaban J connectivity index is 1.61. The first-order valence-corrected chi connectivity index (χ1v) is 7.82. The quantitative estimate of drug-likeness (QED) is 0.468. The van der Waals surface area contributed by atoms with Gasteiger partial charge in [0.15, 0.2) is 5.96 Å². The van der Waals surface area contributed by atoms with Crippen LogP contribution in [0.25, 0.3) is 0 Å². The van der Waals surface area contributed by atoms with Gasteiger partial charge >= 0.3 is 0 Å². The summed E-state index contributed by atoms with van der Waals surface area (Å²) in [6.45, 7) is 4.19. The maximum atomic E-state index is 5.70. The fourth-order valence-electron chi connectivity index (χ4n) is 2.00. The molecule has 2 rings (SSSR count). The topological polar surface area (TPSA) is 58.5 Å². The van der Waals surface area contributed by atoms with Gasteiger partial charge in [-0.3, -0.25) is 9.98 Å². The molecular formula is C18H24N4O. The maximum absolute atomic E-state index is 5.70. The number of aliphatic imine (C=N–C) groups is 1. The van der Waals surface area contributed by atoms with E-state index in [1.54, 1.807) is 13.2 Å². The number of nitrogens with one attached hydrogen (secondary N) is 2. The third-order valence-corrected chi connectivity index (χ3v) is 3.29. The summed E-state index contributed by atoms with van der Waals surface area (Å²) in [5, 5.41) is 6.50. The average Bonchev–Trinajstić information content (AvgIpc) is 2.60. The van der Waals surface area contributed by atoms with Crippen LogP contribution in [0.3, 0.4) is 0 Å². The first-order chi connectivity index (χ1) is 11.3. The second-order valence-electron chi connectivity index (χ2n) is 5.19. The number of pyridine rings is 1. The molecule has 23 heavy (non-hydrogen) atoms. The van der Waals surface area contributed by atoms with Crippen molar-refractivity contribution in [2.45, 2.75) is 19.9 Å². The number of guanidine groups is 1. The highest BCUT2D eigenvalue weighted by Crippen LogP contribution is 2.11. The van der Waals surface area contributed by atoms with Crippen LogP contribution in [-0.2, 0) is 6.54 Å². The van der Waals surface area contributed by atoms with Gasteiger partial charge in [0.25, 0.3) is 0 Å². The van der Waals surface area contributed by atoms with Gasteiger partial charge in [-0.1, -0.05) is 23.8 Å². The highest BCUT2D eigenvalue weighted by Gasteiger charge is 1.99. The molecule has 0 bridgehead atoms. The lowest BCUT2D eigenvalue weighted by Crippen LogP contribution is -2.37. The van der Waals surface area contributed by atoms with Crippen molar-refractivity contribution in [2.75, 3.05) is 20.2 Å². The molecule has 5 nitrogen and oxygen atoms in total. The Labute approximate surface area is 137 Å². The fraction of sp³-hybridized carbons (Fsp3) is 0.333. The molecule has 1 aromatic carbocycles. The summed E-state index contributed by atoms with van der Waals surface area (Å²) in [4.78, 5) is 8.46. The molecular weight excluding hydrogens is 288 g/mol. The summed E-state index contributed by atoms with van der Waals surface area (Å²) < 4.78 is 5.70. The molecule has 0 aliphatic rings. The van der Waals surface area contributed by atoms with Crippen LogP contribution in [0.5, 0.6) is 5.75 Å². The van der Waals surface area contributed by atoms with Crippen molar-refractivity contribution in [3.05, 3.63) is 59.9 Å². The van der Waals surface area contributed by atoms with Gasteiger partial charge in [-0.2, -0.15) is 0 Å². The van der Waals surface area contributed by atoms with Crippen molar-refractivity contribution in [3.8, 4) is 5.75 Å². The van der Waals surface area contributed by atoms with Gasteiger partial charge in [0, 0.05) is 19.8 Å². The van der Waals surface area contributed by atoms with Gasteiger partial charge in [0.2, 0.25) is 0 Å². The van der Waals surface area contributed by atoms with E-state index in [1.165, 1.54) is 5.56 Å². The van der Waals surface area contributed by atoms with Crippen molar-refractivity contribution in [1.29, 1.82) is 0 Å². The first-order valence-electron chi connectivity index (χ1n) is 7.82. The van der Waals surface area contributed by atoms with Crippen molar-refractivity contribution in [3.63, 3.8) is 0 Å². The Hall–Kier alpha value is -2.56. The van der Waals surface area contributed by atoms with Crippen molar-refractivity contribution in [1.82, 2.24) is 15.6 Å². The van der Waals surface area contributed by atoms with E-state index >= 15 is 0 Å². The Morgan fingerprint density at radius 1 is 1.13 bits per heavy atom. The summed E-state index contributed by atoms with van der Waals surface area (Å²) >= 11 is 0.